The van der Waals surface area contributed by atoms with Crippen LogP contribution in [0, 0.1) is 6.92 Å². The number of hydrogen-bond acceptors (Lipinski definition) is 4. The van der Waals surface area contributed by atoms with Crippen molar-refractivity contribution in [2.75, 3.05) is 11.4 Å². The van der Waals surface area contributed by atoms with Crippen molar-refractivity contribution in [2.24, 2.45) is 0 Å². The van der Waals surface area contributed by atoms with Crippen LogP contribution < -0.4 is 4.90 Å². The topological polar surface area (TPSA) is 66.3 Å². The van der Waals surface area contributed by atoms with Crippen LogP contribution in [0.15, 0.2) is 6.07 Å². The molecule has 1 fully saturated rings. The molecule has 18 heavy (non-hydrogen) atoms. The Labute approximate surface area is 107 Å². The highest BCUT2D eigenvalue weighted by Gasteiger charge is 2.31. The molecule has 1 saturated heterocycles. The van der Waals surface area contributed by atoms with Crippen molar-refractivity contribution in [3.05, 3.63) is 17.6 Å². The Morgan fingerprint density at radius 2 is 2.33 bits per heavy atom. The molecule has 1 aliphatic rings. The third-order valence-electron chi connectivity index (χ3n) is 3.22. The van der Waals surface area contributed by atoms with E-state index in [1.54, 1.807) is 0 Å². The molecule has 1 atom stereocenters. The van der Waals surface area contributed by atoms with Gasteiger partial charge in [-0.15, -0.1) is 0 Å². The molecule has 0 amide bonds. The smallest absolute Gasteiger partial charge is 0.326 e. The minimum absolute atomic E-state index is 0.436. The van der Waals surface area contributed by atoms with Crippen LogP contribution in [0.2, 0.25) is 0 Å². The summed E-state index contributed by atoms with van der Waals surface area (Å²) >= 11 is 0. The first-order chi connectivity index (χ1) is 8.61. The first-order valence-corrected chi connectivity index (χ1v) is 6.46. The molecule has 1 aromatic heterocycles. The summed E-state index contributed by atoms with van der Waals surface area (Å²) in [6.45, 7) is 4.72. The summed E-state index contributed by atoms with van der Waals surface area (Å²) in [7, 11) is 0. The van der Waals surface area contributed by atoms with E-state index in [0.717, 1.165) is 37.3 Å². The monoisotopic (exact) mass is 249 g/mol. The normalized spacial score (nSPS) is 19.2. The first kappa shape index (κ1) is 12.8. The third kappa shape index (κ3) is 2.60. The molecule has 1 aromatic rings. The lowest BCUT2D eigenvalue weighted by molar-refractivity contribution is -0.138. The van der Waals surface area contributed by atoms with E-state index in [1.807, 2.05) is 17.9 Å². The summed E-state index contributed by atoms with van der Waals surface area (Å²) in [5, 5.41) is 9.20. The minimum Gasteiger partial charge on any atom is -0.480 e. The second-order valence-corrected chi connectivity index (χ2v) is 4.70. The summed E-state index contributed by atoms with van der Waals surface area (Å²) < 4.78 is 0. The van der Waals surface area contributed by atoms with Crippen molar-refractivity contribution in [3.63, 3.8) is 0 Å². The van der Waals surface area contributed by atoms with E-state index in [2.05, 4.69) is 16.9 Å². The van der Waals surface area contributed by atoms with Gasteiger partial charge in [-0.1, -0.05) is 13.3 Å². The Kier molecular flexibility index (Phi) is 3.79. The lowest BCUT2D eigenvalue weighted by Gasteiger charge is -2.23. The summed E-state index contributed by atoms with van der Waals surface area (Å²) in [6.07, 6.45) is 3.53. The van der Waals surface area contributed by atoms with E-state index >= 15 is 0 Å². The molecule has 0 bridgehead atoms. The molecule has 2 rings (SSSR count). The summed E-state index contributed by atoms with van der Waals surface area (Å²) in [5.74, 6) is 0.712. The second kappa shape index (κ2) is 5.33. The zero-order chi connectivity index (χ0) is 13.1. The van der Waals surface area contributed by atoms with E-state index in [0.29, 0.717) is 12.2 Å². The standard InChI is InChI=1S/C13H19N3O2/c1-3-5-10-8-12(15-9(2)14-10)16-7-4-6-11(16)13(17)18/h8,11H,3-7H2,1-2H3,(H,17,18)/t11-/m0/s1. The van der Waals surface area contributed by atoms with Gasteiger partial charge in [-0.2, -0.15) is 0 Å². The molecule has 1 aliphatic heterocycles. The average Bonchev–Trinajstić information content (AvgIpc) is 2.77. The van der Waals surface area contributed by atoms with Gasteiger partial charge >= 0.3 is 5.97 Å². The number of aromatic nitrogens is 2. The van der Waals surface area contributed by atoms with Crippen molar-refractivity contribution in [1.82, 2.24) is 9.97 Å². The largest absolute Gasteiger partial charge is 0.480 e. The highest BCUT2D eigenvalue weighted by molar-refractivity contribution is 5.78. The van der Waals surface area contributed by atoms with E-state index in [1.165, 1.54) is 0 Å². The molecule has 1 N–H and O–H groups in total. The molecule has 2 heterocycles. The van der Waals surface area contributed by atoms with Gasteiger partial charge in [0.15, 0.2) is 0 Å². The SMILES string of the molecule is CCCc1cc(N2CCC[C@H]2C(=O)O)nc(C)n1. The maximum absolute atomic E-state index is 11.2. The molecular formula is C13H19N3O2. The van der Waals surface area contributed by atoms with Crippen LogP contribution >= 0.6 is 0 Å². The van der Waals surface area contributed by atoms with E-state index in [-0.39, 0.29) is 0 Å². The zero-order valence-corrected chi connectivity index (χ0v) is 10.9. The predicted molar refractivity (Wildman–Crippen MR) is 68.8 cm³/mol. The molecule has 0 aliphatic carbocycles. The van der Waals surface area contributed by atoms with Gasteiger partial charge in [-0.05, 0) is 26.2 Å². The molecule has 98 valence electrons. The van der Waals surface area contributed by atoms with E-state index in [4.69, 9.17) is 0 Å². The van der Waals surface area contributed by atoms with Gasteiger partial charge in [-0.3, -0.25) is 0 Å². The van der Waals surface area contributed by atoms with Gasteiger partial charge in [0.2, 0.25) is 0 Å². The molecule has 5 heteroatoms. The van der Waals surface area contributed by atoms with Gasteiger partial charge in [-0.25, -0.2) is 14.8 Å². The highest BCUT2D eigenvalue weighted by Crippen LogP contribution is 2.24. The fourth-order valence-electron chi connectivity index (χ4n) is 2.44. The van der Waals surface area contributed by atoms with Gasteiger partial charge in [0, 0.05) is 18.3 Å². The Bertz CT molecular complexity index is 448. The number of anilines is 1. The number of nitrogens with zero attached hydrogens (tertiary/aromatic N) is 3. The molecule has 0 saturated carbocycles. The highest BCUT2D eigenvalue weighted by atomic mass is 16.4. The number of carboxylic acids is 1. The number of rotatable bonds is 4. The van der Waals surface area contributed by atoms with Crippen LogP contribution in [0.1, 0.15) is 37.7 Å². The molecule has 0 spiro atoms. The average molecular weight is 249 g/mol. The lowest BCUT2D eigenvalue weighted by Crippen LogP contribution is -2.36. The van der Waals surface area contributed by atoms with E-state index in [9.17, 15) is 9.90 Å². The summed E-state index contributed by atoms with van der Waals surface area (Å²) in [5.41, 5.74) is 0.996. The Morgan fingerprint density at radius 3 is 3.00 bits per heavy atom. The van der Waals surface area contributed by atoms with Crippen LogP contribution in [0.25, 0.3) is 0 Å². The molecule has 5 nitrogen and oxygen atoms in total. The third-order valence-corrected chi connectivity index (χ3v) is 3.22. The number of aryl methyl sites for hydroxylation is 2. The van der Waals surface area contributed by atoms with Gasteiger partial charge in [0.05, 0.1) is 0 Å². The molecular weight excluding hydrogens is 230 g/mol. The van der Waals surface area contributed by atoms with Crippen molar-refractivity contribution in [2.45, 2.75) is 45.6 Å². The van der Waals surface area contributed by atoms with Crippen molar-refractivity contribution in [1.29, 1.82) is 0 Å². The number of aliphatic carboxylic acids is 1. The minimum atomic E-state index is -0.763. The molecule has 0 radical (unpaired) electrons. The summed E-state index contributed by atoms with van der Waals surface area (Å²) in [6, 6.07) is 1.49. The van der Waals surface area contributed by atoms with Gasteiger partial charge < -0.3 is 10.0 Å². The maximum Gasteiger partial charge on any atom is 0.326 e. The number of carboxylic acid groups (broad SMARTS) is 1. The van der Waals surface area contributed by atoms with Crippen molar-refractivity contribution < 1.29 is 9.90 Å². The van der Waals surface area contributed by atoms with Crippen molar-refractivity contribution in [3.8, 4) is 0 Å². The number of carbonyl (C=O) groups is 1. The Morgan fingerprint density at radius 1 is 1.56 bits per heavy atom. The predicted octanol–water partition coefficient (Wildman–Crippen LogP) is 1.79. The molecule has 0 aromatic carbocycles. The van der Waals surface area contributed by atoms with Crippen LogP contribution in [-0.2, 0) is 11.2 Å². The van der Waals surface area contributed by atoms with Gasteiger partial charge in [0.25, 0.3) is 0 Å². The molecule has 0 unspecified atom stereocenters. The van der Waals surface area contributed by atoms with Crippen LogP contribution in [-0.4, -0.2) is 33.6 Å². The van der Waals surface area contributed by atoms with Crippen LogP contribution in [0.4, 0.5) is 5.82 Å². The maximum atomic E-state index is 11.2. The van der Waals surface area contributed by atoms with Crippen molar-refractivity contribution >= 4 is 11.8 Å². The van der Waals surface area contributed by atoms with Crippen LogP contribution in [0.3, 0.4) is 0 Å². The Hall–Kier alpha value is -1.65. The van der Waals surface area contributed by atoms with Gasteiger partial charge in [0.1, 0.15) is 17.7 Å². The Balaban J connectivity index is 2.29. The van der Waals surface area contributed by atoms with E-state index < -0.39 is 12.0 Å². The first-order valence-electron chi connectivity index (χ1n) is 6.46. The summed E-state index contributed by atoms with van der Waals surface area (Å²) in [4.78, 5) is 21.8. The van der Waals surface area contributed by atoms with Crippen LogP contribution in [0.5, 0.6) is 0 Å². The lowest BCUT2D eigenvalue weighted by atomic mass is 10.2. The fraction of sp³-hybridized carbons (Fsp3) is 0.615. The zero-order valence-electron chi connectivity index (χ0n) is 10.9. The fourth-order valence-corrected chi connectivity index (χ4v) is 2.44. The quantitative estimate of drug-likeness (QED) is 0.881. The second-order valence-electron chi connectivity index (χ2n) is 4.70. The number of hydrogen-bond donors (Lipinski definition) is 1.